The maximum atomic E-state index is 13.9. The van der Waals surface area contributed by atoms with Gasteiger partial charge < -0.3 is 9.84 Å². The number of hydrogen-bond donors (Lipinski definition) is 1. The molecule has 3 unspecified atom stereocenters. The van der Waals surface area contributed by atoms with Crippen LogP contribution in [0.25, 0.3) is 0 Å². The molecule has 2 aromatic carbocycles. The molecule has 2 aromatic rings. The van der Waals surface area contributed by atoms with E-state index in [2.05, 4.69) is 38.4 Å². The highest BCUT2D eigenvalue weighted by Crippen LogP contribution is 2.59. The number of ether oxygens (including phenoxy) is 1. The zero-order chi connectivity index (χ0) is 22.5. The molecule has 2 amide bonds. The first-order chi connectivity index (χ1) is 14.8. The number of allylic oxidation sites excluding steroid dienone is 3. The summed E-state index contributed by atoms with van der Waals surface area (Å²) in [4.78, 5) is 28.6. The fourth-order valence-electron chi connectivity index (χ4n) is 4.79. The zero-order valence-electron chi connectivity index (χ0n) is 17.1. The van der Waals surface area contributed by atoms with E-state index in [0.717, 1.165) is 11.1 Å². The molecule has 5 nitrogen and oxygen atoms in total. The van der Waals surface area contributed by atoms with Gasteiger partial charge in [-0.2, -0.15) is 0 Å². The van der Waals surface area contributed by atoms with E-state index in [-0.39, 0.29) is 23.3 Å². The van der Waals surface area contributed by atoms with Crippen LogP contribution < -0.4 is 9.64 Å². The summed E-state index contributed by atoms with van der Waals surface area (Å²) in [5.41, 5.74) is 1.12. The summed E-state index contributed by atoms with van der Waals surface area (Å²) in [5, 5.41) is 10.4. The SMILES string of the molecule is C=CC1=CCC2C(=O)N(c3ccccc3)C(=O)C2(C)C1c1cc(OC)c(O)c(Br)c1Br. The number of amides is 2. The van der Waals surface area contributed by atoms with E-state index >= 15 is 0 Å². The third-order valence-electron chi connectivity index (χ3n) is 6.38. The van der Waals surface area contributed by atoms with Gasteiger partial charge in [0.2, 0.25) is 11.8 Å². The van der Waals surface area contributed by atoms with Crippen molar-refractivity contribution in [1.82, 2.24) is 0 Å². The molecule has 0 bridgehead atoms. The molecule has 1 heterocycles. The van der Waals surface area contributed by atoms with Crippen LogP contribution in [0, 0.1) is 11.3 Å². The van der Waals surface area contributed by atoms with Gasteiger partial charge in [-0.3, -0.25) is 9.59 Å². The van der Waals surface area contributed by atoms with Crippen molar-refractivity contribution in [1.29, 1.82) is 0 Å². The number of benzene rings is 2. The van der Waals surface area contributed by atoms with Crippen LogP contribution in [0.1, 0.15) is 24.8 Å². The summed E-state index contributed by atoms with van der Waals surface area (Å²) >= 11 is 6.98. The molecule has 3 atom stereocenters. The highest BCUT2D eigenvalue weighted by Gasteiger charge is 2.62. The summed E-state index contributed by atoms with van der Waals surface area (Å²) in [6.45, 7) is 5.80. The van der Waals surface area contributed by atoms with Crippen LogP contribution in [0.5, 0.6) is 11.5 Å². The highest BCUT2D eigenvalue weighted by atomic mass is 79.9. The van der Waals surface area contributed by atoms with Gasteiger partial charge in [-0.05, 0) is 74.5 Å². The van der Waals surface area contributed by atoms with E-state index in [1.165, 1.54) is 12.0 Å². The Bertz CT molecular complexity index is 1130. The van der Waals surface area contributed by atoms with Gasteiger partial charge in [-0.1, -0.05) is 36.9 Å². The second-order valence-electron chi connectivity index (χ2n) is 7.87. The van der Waals surface area contributed by atoms with Gasteiger partial charge in [-0.15, -0.1) is 0 Å². The lowest BCUT2D eigenvalue weighted by atomic mass is 9.60. The average molecular weight is 547 g/mol. The van der Waals surface area contributed by atoms with Gasteiger partial charge in [0, 0.05) is 10.4 Å². The number of carbonyl (C=O) groups is 2. The number of methoxy groups -OCH3 is 1. The summed E-state index contributed by atoms with van der Waals surface area (Å²) in [5.74, 6) is -1.20. The van der Waals surface area contributed by atoms with Crippen LogP contribution in [-0.2, 0) is 9.59 Å². The number of rotatable bonds is 4. The minimum atomic E-state index is -1.03. The van der Waals surface area contributed by atoms with Crippen molar-refractivity contribution >= 4 is 49.4 Å². The van der Waals surface area contributed by atoms with E-state index in [0.29, 0.717) is 21.1 Å². The van der Waals surface area contributed by atoms with Crippen LogP contribution in [0.3, 0.4) is 0 Å². The molecular weight excluding hydrogens is 526 g/mol. The molecule has 160 valence electrons. The fourth-order valence-corrected chi connectivity index (χ4v) is 5.75. The Balaban J connectivity index is 1.94. The van der Waals surface area contributed by atoms with Gasteiger partial charge in [0.1, 0.15) is 0 Å². The molecule has 2 aliphatic rings. The molecule has 1 saturated heterocycles. The second kappa shape index (κ2) is 7.95. The zero-order valence-corrected chi connectivity index (χ0v) is 20.2. The first-order valence-electron chi connectivity index (χ1n) is 9.78. The number of halogens is 2. The molecule has 1 aliphatic heterocycles. The largest absolute Gasteiger partial charge is 0.503 e. The van der Waals surface area contributed by atoms with E-state index in [4.69, 9.17) is 4.74 Å². The van der Waals surface area contributed by atoms with Gasteiger partial charge in [-0.25, -0.2) is 4.90 Å². The Morgan fingerprint density at radius 1 is 1.23 bits per heavy atom. The number of aromatic hydroxyl groups is 1. The number of fused-ring (bicyclic) bond motifs is 1. The lowest BCUT2D eigenvalue weighted by molar-refractivity contribution is -0.127. The molecule has 0 spiro atoms. The molecular formula is C24H21Br2NO4. The monoisotopic (exact) mass is 545 g/mol. The standard InChI is InChI=1S/C24H21Br2NO4/c1-4-13-10-11-16-22(29)27(14-8-6-5-7-9-14)23(30)24(16,2)18(13)15-12-17(31-3)21(28)20(26)19(15)25/h4-10,12,16,18,28H,1,11H2,2-3H3. The van der Waals surface area contributed by atoms with Crippen molar-refractivity contribution in [2.75, 3.05) is 12.0 Å². The van der Waals surface area contributed by atoms with Gasteiger partial charge in [0.15, 0.2) is 11.5 Å². The van der Waals surface area contributed by atoms with Crippen molar-refractivity contribution in [3.05, 3.63) is 75.2 Å². The van der Waals surface area contributed by atoms with Crippen molar-refractivity contribution in [3.63, 3.8) is 0 Å². The third kappa shape index (κ3) is 3.09. The Morgan fingerprint density at radius 2 is 1.90 bits per heavy atom. The molecule has 1 fully saturated rings. The van der Waals surface area contributed by atoms with Crippen LogP contribution in [0.4, 0.5) is 5.69 Å². The number of imide groups is 1. The number of nitrogens with zero attached hydrogens (tertiary/aromatic N) is 1. The van der Waals surface area contributed by atoms with E-state index < -0.39 is 17.3 Å². The van der Waals surface area contributed by atoms with Crippen molar-refractivity contribution in [2.24, 2.45) is 11.3 Å². The Hall–Kier alpha value is -2.38. The number of carbonyl (C=O) groups excluding carboxylic acids is 2. The van der Waals surface area contributed by atoms with Gasteiger partial charge in [0.25, 0.3) is 0 Å². The predicted octanol–water partition coefficient (Wildman–Crippen LogP) is 5.72. The minimum absolute atomic E-state index is 0.0421. The number of para-hydroxylation sites is 1. The predicted molar refractivity (Wildman–Crippen MR) is 126 cm³/mol. The Labute approximate surface area is 197 Å². The molecule has 31 heavy (non-hydrogen) atoms. The summed E-state index contributed by atoms with van der Waals surface area (Å²) in [6.07, 6.45) is 4.16. The van der Waals surface area contributed by atoms with Crippen LogP contribution in [-0.4, -0.2) is 24.0 Å². The van der Waals surface area contributed by atoms with Crippen LogP contribution >= 0.6 is 31.9 Å². The summed E-state index contributed by atoms with van der Waals surface area (Å²) < 4.78 is 6.38. The number of phenols is 1. The van der Waals surface area contributed by atoms with Crippen LogP contribution in [0.15, 0.2) is 69.6 Å². The van der Waals surface area contributed by atoms with Crippen molar-refractivity contribution < 1.29 is 19.4 Å². The molecule has 1 N–H and O–H groups in total. The first kappa shape index (κ1) is 21.8. The maximum absolute atomic E-state index is 13.9. The molecule has 7 heteroatoms. The lowest BCUT2D eigenvalue weighted by Gasteiger charge is -2.40. The third-order valence-corrected chi connectivity index (χ3v) is 8.54. The summed E-state index contributed by atoms with van der Waals surface area (Å²) in [7, 11) is 1.47. The molecule has 1 aliphatic carbocycles. The van der Waals surface area contributed by atoms with E-state index in [9.17, 15) is 14.7 Å². The second-order valence-corrected chi connectivity index (χ2v) is 9.46. The Kier molecular flexibility index (Phi) is 5.60. The highest BCUT2D eigenvalue weighted by molar-refractivity contribution is 9.13. The maximum Gasteiger partial charge on any atom is 0.241 e. The molecule has 0 saturated carbocycles. The number of hydrogen-bond acceptors (Lipinski definition) is 4. The van der Waals surface area contributed by atoms with Crippen molar-refractivity contribution in [2.45, 2.75) is 19.3 Å². The van der Waals surface area contributed by atoms with Crippen LogP contribution in [0.2, 0.25) is 0 Å². The molecule has 0 aromatic heterocycles. The normalized spacial score (nSPS) is 25.3. The van der Waals surface area contributed by atoms with E-state index in [1.54, 1.807) is 24.3 Å². The smallest absolute Gasteiger partial charge is 0.241 e. The van der Waals surface area contributed by atoms with Crippen molar-refractivity contribution in [3.8, 4) is 11.5 Å². The molecule has 4 rings (SSSR count). The quantitative estimate of drug-likeness (QED) is 0.498. The lowest BCUT2D eigenvalue weighted by Crippen LogP contribution is -2.41. The first-order valence-corrected chi connectivity index (χ1v) is 11.4. The molecule has 0 radical (unpaired) electrons. The van der Waals surface area contributed by atoms with Gasteiger partial charge >= 0.3 is 0 Å². The minimum Gasteiger partial charge on any atom is -0.503 e. The van der Waals surface area contributed by atoms with Gasteiger partial charge in [0.05, 0.1) is 28.6 Å². The number of anilines is 1. The fraction of sp³-hybridized carbons (Fsp3) is 0.250. The van der Waals surface area contributed by atoms with E-state index in [1.807, 2.05) is 31.2 Å². The summed E-state index contributed by atoms with van der Waals surface area (Å²) in [6, 6.07) is 10.7. The number of phenolic OH excluding ortho intramolecular Hbond substituents is 1. The topological polar surface area (TPSA) is 66.8 Å². The Morgan fingerprint density at radius 3 is 2.52 bits per heavy atom. The average Bonchev–Trinajstić information content (AvgIpc) is 2.98.